The predicted octanol–water partition coefficient (Wildman–Crippen LogP) is 6.16. The van der Waals surface area contributed by atoms with Crippen LogP contribution in [0.25, 0.3) is 6.08 Å². The molecule has 0 aromatic heterocycles. The van der Waals surface area contributed by atoms with Crippen molar-refractivity contribution < 1.29 is 16.6 Å². The molecule has 1 saturated heterocycles. The van der Waals surface area contributed by atoms with E-state index in [2.05, 4.69) is 55.5 Å². The van der Waals surface area contributed by atoms with Gasteiger partial charge in [0.1, 0.15) is 0 Å². The zero-order chi connectivity index (χ0) is 14.3. The quantitative estimate of drug-likeness (QED) is 0.571. The minimum atomic E-state index is -1.81. The van der Waals surface area contributed by atoms with Crippen molar-refractivity contribution in [2.45, 2.75) is 46.3 Å². The third kappa shape index (κ3) is 2.24. The zero-order valence-corrected chi connectivity index (χ0v) is 14.5. The fraction of sp³-hybridized carbons (Fsp3) is 0.400. The Kier molecular flexibility index (Phi) is 3.55. The third-order valence-corrected chi connectivity index (χ3v) is 13.4. The molecule has 1 aromatic rings. The van der Waals surface area contributed by atoms with Crippen molar-refractivity contribution in [3.63, 3.8) is 0 Å². The number of benzene rings is 1. The van der Waals surface area contributed by atoms with E-state index in [0.717, 1.165) is 4.22 Å². The van der Waals surface area contributed by atoms with Crippen LogP contribution in [0.2, 0.25) is 9.45 Å². The predicted molar refractivity (Wildman–Crippen MR) is 88.1 cm³/mol. The summed E-state index contributed by atoms with van der Waals surface area (Å²) in [6, 6.07) is 9.10. The van der Waals surface area contributed by atoms with E-state index in [1.54, 1.807) is 20.6 Å². The first-order valence-electron chi connectivity index (χ1n) is 8.51. The second-order valence-electron chi connectivity index (χ2n) is 6.84. The van der Waals surface area contributed by atoms with E-state index in [4.69, 9.17) is 0 Å². The van der Waals surface area contributed by atoms with Gasteiger partial charge in [-0.25, -0.2) is 0 Å². The standard InChI is InChI=1S/C9H7.C9H13.C2H4.Ti/c1-2-5-9-7-3-6-8(9)4-1;1-2-3-6-9-7-4-5-8-9;1-2;/h1-7H;4,7H,2-3,5-6H2,1H3;1-2H2;. The first kappa shape index (κ1) is 13.8. The molecule has 1 atom stereocenters. The van der Waals surface area contributed by atoms with E-state index >= 15 is 0 Å². The first-order valence-corrected chi connectivity index (χ1v) is 12.4. The minimum absolute atomic E-state index is 0.813. The van der Waals surface area contributed by atoms with Crippen LogP contribution in [-0.4, -0.2) is 0 Å². The summed E-state index contributed by atoms with van der Waals surface area (Å²) in [7, 11) is 0. The van der Waals surface area contributed by atoms with Crippen LogP contribution in [0.5, 0.6) is 0 Å². The monoisotopic (exact) mass is 312 g/mol. The Labute approximate surface area is 132 Å². The maximum atomic E-state index is 2.56. The van der Waals surface area contributed by atoms with Gasteiger partial charge in [-0.2, -0.15) is 0 Å². The molecule has 0 bridgehead atoms. The van der Waals surface area contributed by atoms with E-state index in [-0.39, 0.29) is 0 Å². The molecule has 0 N–H and O–H groups in total. The van der Waals surface area contributed by atoms with Crippen molar-refractivity contribution in [2.24, 2.45) is 0 Å². The number of hydrogen-bond acceptors (Lipinski definition) is 0. The van der Waals surface area contributed by atoms with Crippen molar-refractivity contribution in [1.82, 2.24) is 0 Å². The van der Waals surface area contributed by atoms with Crippen LogP contribution >= 0.6 is 0 Å². The summed E-state index contributed by atoms with van der Waals surface area (Å²) in [5, 5.41) is 0. The Balaban J connectivity index is 1.68. The van der Waals surface area contributed by atoms with E-state index in [1.165, 1.54) is 31.2 Å². The van der Waals surface area contributed by atoms with Gasteiger partial charge in [-0.1, -0.05) is 0 Å². The molecule has 2 aliphatic carbocycles. The molecule has 0 nitrogen and oxygen atoms in total. The van der Waals surface area contributed by atoms with Gasteiger partial charge in [0, 0.05) is 0 Å². The van der Waals surface area contributed by atoms with Crippen LogP contribution in [0.15, 0.2) is 51.9 Å². The summed E-state index contributed by atoms with van der Waals surface area (Å²) in [6.45, 7) is 2.31. The Morgan fingerprint density at radius 1 is 1.14 bits per heavy atom. The van der Waals surface area contributed by atoms with Gasteiger partial charge in [0.2, 0.25) is 0 Å². The summed E-state index contributed by atoms with van der Waals surface area (Å²) in [5.41, 5.74) is 4.87. The Hall–Kier alpha value is -0.846. The summed E-state index contributed by atoms with van der Waals surface area (Å²) in [6.07, 6.45) is 15.1. The number of fused-ring (bicyclic) bond motifs is 1. The van der Waals surface area contributed by atoms with E-state index < -0.39 is 16.6 Å². The van der Waals surface area contributed by atoms with Gasteiger partial charge in [0.15, 0.2) is 0 Å². The molecule has 0 saturated carbocycles. The zero-order valence-electron chi connectivity index (χ0n) is 12.9. The van der Waals surface area contributed by atoms with Gasteiger partial charge in [0.05, 0.1) is 0 Å². The van der Waals surface area contributed by atoms with Crippen molar-refractivity contribution in [2.75, 3.05) is 0 Å². The van der Waals surface area contributed by atoms with Gasteiger partial charge < -0.3 is 0 Å². The average Bonchev–Trinajstić information content (AvgIpc) is 3.00. The molecule has 1 aliphatic heterocycles. The van der Waals surface area contributed by atoms with E-state index in [9.17, 15) is 0 Å². The topological polar surface area (TPSA) is 0 Å². The molecular formula is C20H24Ti. The van der Waals surface area contributed by atoms with Gasteiger partial charge in [-0.3, -0.25) is 0 Å². The van der Waals surface area contributed by atoms with Crippen LogP contribution in [-0.2, 0) is 16.6 Å². The summed E-state index contributed by atoms with van der Waals surface area (Å²) >= 11 is -1.81. The first-order chi connectivity index (χ1) is 10.3. The SMILES string of the molecule is CCCCC1=[C]([Ti]2([CH]3C=Cc4ccccc43)[CH2][CH2]2)CC=C1. The van der Waals surface area contributed by atoms with Crippen LogP contribution in [0.3, 0.4) is 0 Å². The molecule has 1 heteroatoms. The Morgan fingerprint density at radius 2 is 2.00 bits per heavy atom. The molecule has 1 aromatic carbocycles. The van der Waals surface area contributed by atoms with Crippen LogP contribution in [0.4, 0.5) is 0 Å². The molecule has 0 amide bonds. The molecule has 21 heavy (non-hydrogen) atoms. The van der Waals surface area contributed by atoms with Gasteiger partial charge in [0.25, 0.3) is 0 Å². The van der Waals surface area contributed by atoms with Gasteiger partial charge >= 0.3 is 132 Å². The molecule has 1 heterocycles. The summed E-state index contributed by atoms with van der Waals surface area (Å²) in [4.78, 5) is 0. The molecule has 0 radical (unpaired) electrons. The molecule has 1 unspecified atom stereocenters. The van der Waals surface area contributed by atoms with E-state index in [1.807, 2.05) is 3.88 Å². The molecular weight excluding hydrogens is 288 g/mol. The third-order valence-electron chi connectivity index (χ3n) is 5.61. The van der Waals surface area contributed by atoms with Crippen LogP contribution < -0.4 is 0 Å². The normalized spacial score (nSPS) is 24.7. The Bertz CT molecular complexity index is 644. The fourth-order valence-corrected chi connectivity index (χ4v) is 13.2. The van der Waals surface area contributed by atoms with Gasteiger partial charge in [-0.05, 0) is 0 Å². The number of unbranched alkanes of at least 4 members (excludes halogenated alkanes) is 1. The molecule has 0 spiro atoms. The second-order valence-corrected chi connectivity index (χ2v) is 13.9. The van der Waals surface area contributed by atoms with E-state index in [0.29, 0.717) is 0 Å². The Morgan fingerprint density at radius 3 is 2.81 bits per heavy atom. The van der Waals surface area contributed by atoms with Crippen LogP contribution in [0.1, 0.15) is 48.0 Å². The van der Waals surface area contributed by atoms with Crippen molar-refractivity contribution in [3.8, 4) is 0 Å². The fourth-order valence-electron chi connectivity index (χ4n) is 4.34. The summed E-state index contributed by atoms with van der Waals surface area (Å²) < 4.78 is 5.90. The molecule has 1 fully saturated rings. The number of allylic oxidation sites excluding steroid dienone is 5. The summed E-state index contributed by atoms with van der Waals surface area (Å²) in [5.74, 6) is 0. The number of hydrogen-bond donors (Lipinski definition) is 0. The van der Waals surface area contributed by atoms with Crippen molar-refractivity contribution >= 4 is 6.08 Å². The average molecular weight is 312 g/mol. The molecule has 3 aliphatic rings. The molecule has 108 valence electrons. The number of rotatable bonds is 5. The van der Waals surface area contributed by atoms with Gasteiger partial charge in [-0.15, -0.1) is 0 Å². The maximum absolute atomic E-state index is 2.56. The molecule has 4 rings (SSSR count). The van der Waals surface area contributed by atoms with Crippen LogP contribution in [0, 0.1) is 0 Å². The second kappa shape index (κ2) is 5.41. The van der Waals surface area contributed by atoms with Crippen molar-refractivity contribution in [3.05, 3.63) is 63.1 Å². The van der Waals surface area contributed by atoms with Crippen molar-refractivity contribution in [1.29, 1.82) is 0 Å².